The molecule has 1 fully saturated rings. The molecule has 1 heterocycles. The molecular formula is C19H28ClN3O3S. The largest absolute Gasteiger partial charge is 0.467 e. The smallest absolute Gasteiger partial charge is 0.328 e. The van der Waals surface area contributed by atoms with E-state index in [0.717, 1.165) is 43.3 Å². The molecule has 1 aliphatic heterocycles. The molecule has 0 aromatic heterocycles. The van der Waals surface area contributed by atoms with Crippen molar-refractivity contribution in [3.63, 3.8) is 0 Å². The Morgan fingerprint density at radius 1 is 1.37 bits per heavy atom. The number of piperidine rings is 1. The summed E-state index contributed by atoms with van der Waals surface area (Å²) in [6.45, 7) is 4.25. The molecule has 2 rings (SSSR count). The minimum absolute atomic E-state index is 0.452. The molecule has 2 amide bonds. The Bertz CT molecular complexity index is 651. The molecule has 150 valence electrons. The maximum absolute atomic E-state index is 12.3. The summed E-state index contributed by atoms with van der Waals surface area (Å²) in [7, 11) is 1.31. The quantitative estimate of drug-likeness (QED) is 0.661. The molecule has 0 radical (unpaired) electrons. The van der Waals surface area contributed by atoms with Crippen LogP contribution in [0.15, 0.2) is 18.2 Å². The Hall–Kier alpha value is -1.60. The predicted octanol–water partition coefficient (Wildman–Crippen LogP) is 3.99. The van der Waals surface area contributed by atoms with Crippen LogP contribution in [0.3, 0.4) is 0 Å². The number of carbonyl (C=O) groups is 2. The van der Waals surface area contributed by atoms with E-state index in [1.807, 2.05) is 18.4 Å². The summed E-state index contributed by atoms with van der Waals surface area (Å²) < 4.78 is 4.75. The first-order valence-corrected chi connectivity index (χ1v) is 10.9. The summed E-state index contributed by atoms with van der Waals surface area (Å²) >= 11 is 8.04. The van der Waals surface area contributed by atoms with Crippen molar-refractivity contribution in [2.75, 3.05) is 42.4 Å². The highest BCUT2D eigenvalue weighted by Gasteiger charge is 2.22. The van der Waals surface area contributed by atoms with E-state index in [2.05, 4.69) is 22.5 Å². The van der Waals surface area contributed by atoms with Gasteiger partial charge in [-0.3, -0.25) is 0 Å². The number of esters is 1. The maximum Gasteiger partial charge on any atom is 0.328 e. The van der Waals surface area contributed by atoms with Gasteiger partial charge in [-0.1, -0.05) is 18.5 Å². The van der Waals surface area contributed by atoms with Gasteiger partial charge in [0.1, 0.15) is 6.04 Å². The number of methoxy groups -OCH3 is 1. The summed E-state index contributed by atoms with van der Waals surface area (Å²) in [6, 6.07) is 4.37. The molecule has 0 aliphatic carbocycles. The van der Waals surface area contributed by atoms with Crippen molar-refractivity contribution in [2.24, 2.45) is 5.92 Å². The molecule has 0 bridgehead atoms. The topological polar surface area (TPSA) is 70.7 Å². The number of amides is 2. The summed E-state index contributed by atoms with van der Waals surface area (Å²) in [4.78, 5) is 26.3. The Kier molecular flexibility index (Phi) is 8.57. The van der Waals surface area contributed by atoms with Crippen molar-refractivity contribution in [3.05, 3.63) is 23.2 Å². The zero-order chi connectivity index (χ0) is 19.8. The summed E-state index contributed by atoms with van der Waals surface area (Å²) in [5.74, 6) is 1.04. The Labute approximate surface area is 170 Å². The predicted molar refractivity (Wildman–Crippen MR) is 113 cm³/mol. The minimum atomic E-state index is -0.674. The number of anilines is 2. The molecule has 6 nitrogen and oxygen atoms in total. The zero-order valence-corrected chi connectivity index (χ0v) is 17.7. The van der Waals surface area contributed by atoms with E-state index in [0.29, 0.717) is 17.1 Å². The fourth-order valence-corrected chi connectivity index (χ4v) is 3.81. The summed E-state index contributed by atoms with van der Waals surface area (Å²) in [6.07, 6.45) is 4.77. The van der Waals surface area contributed by atoms with Gasteiger partial charge in [0.25, 0.3) is 0 Å². The van der Waals surface area contributed by atoms with Gasteiger partial charge in [0, 0.05) is 18.8 Å². The van der Waals surface area contributed by atoms with E-state index >= 15 is 0 Å². The highest BCUT2D eigenvalue weighted by atomic mass is 35.5. The van der Waals surface area contributed by atoms with Crippen LogP contribution in [-0.2, 0) is 9.53 Å². The normalized spacial score (nSPS) is 15.9. The fraction of sp³-hybridized carbons (Fsp3) is 0.579. The first-order chi connectivity index (χ1) is 12.9. The van der Waals surface area contributed by atoms with Crippen molar-refractivity contribution in [3.8, 4) is 0 Å². The van der Waals surface area contributed by atoms with E-state index in [1.165, 1.54) is 7.11 Å². The van der Waals surface area contributed by atoms with Gasteiger partial charge in [-0.05, 0) is 55.4 Å². The van der Waals surface area contributed by atoms with Gasteiger partial charge in [0.2, 0.25) is 0 Å². The van der Waals surface area contributed by atoms with Crippen molar-refractivity contribution >= 4 is 46.7 Å². The Balaban J connectivity index is 1.97. The third-order valence-electron chi connectivity index (χ3n) is 4.73. The van der Waals surface area contributed by atoms with E-state index < -0.39 is 18.0 Å². The van der Waals surface area contributed by atoms with Gasteiger partial charge in [0.15, 0.2) is 0 Å². The second-order valence-electron chi connectivity index (χ2n) is 6.79. The monoisotopic (exact) mass is 413 g/mol. The van der Waals surface area contributed by atoms with E-state index in [9.17, 15) is 9.59 Å². The molecule has 1 aromatic rings. The molecule has 27 heavy (non-hydrogen) atoms. The Morgan fingerprint density at radius 3 is 2.67 bits per heavy atom. The molecular weight excluding hydrogens is 386 g/mol. The first-order valence-electron chi connectivity index (χ1n) is 9.13. The summed E-state index contributed by atoms with van der Waals surface area (Å²) in [5.41, 5.74) is 1.57. The van der Waals surface area contributed by atoms with Gasteiger partial charge in [-0.2, -0.15) is 11.8 Å². The van der Waals surface area contributed by atoms with Gasteiger partial charge in [-0.15, -0.1) is 0 Å². The van der Waals surface area contributed by atoms with E-state index in [-0.39, 0.29) is 0 Å². The molecule has 0 spiro atoms. The molecule has 1 unspecified atom stereocenters. The average Bonchev–Trinajstić information content (AvgIpc) is 2.65. The molecule has 8 heteroatoms. The third-order valence-corrected chi connectivity index (χ3v) is 5.68. The van der Waals surface area contributed by atoms with Gasteiger partial charge in [-0.25, -0.2) is 9.59 Å². The van der Waals surface area contributed by atoms with Crippen LogP contribution in [0.2, 0.25) is 5.02 Å². The number of halogens is 1. The van der Waals surface area contributed by atoms with Gasteiger partial charge >= 0.3 is 12.0 Å². The van der Waals surface area contributed by atoms with Crippen LogP contribution in [0.5, 0.6) is 0 Å². The highest BCUT2D eigenvalue weighted by Crippen LogP contribution is 2.31. The van der Waals surface area contributed by atoms with Crippen LogP contribution in [0, 0.1) is 5.92 Å². The SMILES string of the molecule is COC(=O)C(CCSC)NC(=O)Nc1ccc(N2CCC(C)CC2)c(Cl)c1. The number of rotatable bonds is 7. The third kappa shape index (κ3) is 6.50. The number of hydrogen-bond acceptors (Lipinski definition) is 5. The number of benzene rings is 1. The Morgan fingerprint density at radius 2 is 2.07 bits per heavy atom. The number of ether oxygens (including phenoxy) is 1. The van der Waals surface area contributed by atoms with Crippen LogP contribution >= 0.6 is 23.4 Å². The zero-order valence-electron chi connectivity index (χ0n) is 16.1. The van der Waals surface area contributed by atoms with E-state index in [1.54, 1.807) is 17.8 Å². The molecule has 2 N–H and O–H groups in total. The van der Waals surface area contributed by atoms with Crippen molar-refractivity contribution in [1.82, 2.24) is 5.32 Å². The van der Waals surface area contributed by atoms with E-state index in [4.69, 9.17) is 16.3 Å². The molecule has 0 saturated carbocycles. The molecule has 1 aliphatic rings. The van der Waals surface area contributed by atoms with Crippen molar-refractivity contribution in [1.29, 1.82) is 0 Å². The molecule has 1 aromatic carbocycles. The maximum atomic E-state index is 12.3. The minimum Gasteiger partial charge on any atom is -0.467 e. The lowest BCUT2D eigenvalue weighted by Crippen LogP contribution is -2.44. The van der Waals surface area contributed by atoms with Crippen LogP contribution < -0.4 is 15.5 Å². The number of thioether (sulfide) groups is 1. The number of urea groups is 1. The number of hydrogen-bond donors (Lipinski definition) is 2. The summed E-state index contributed by atoms with van der Waals surface area (Å²) in [5, 5.41) is 6.01. The van der Waals surface area contributed by atoms with Crippen molar-refractivity contribution in [2.45, 2.75) is 32.2 Å². The second kappa shape index (κ2) is 10.7. The average molecular weight is 414 g/mol. The lowest BCUT2D eigenvalue weighted by atomic mass is 9.99. The number of nitrogens with zero attached hydrogens (tertiary/aromatic N) is 1. The highest BCUT2D eigenvalue weighted by molar-refractivity contribution is 7.98. The van der Waals surface area contributed by atoms with Crippen LogP contribution in [0.1, 0.15) is 26.2 Å². The standard InChI is InChI=1S/C19H28ClN3O3S/c1-13-6-9-23(10-7-13)17-5-4-14(12-15(17)20)21-19(25)22-16(8-11-27-3)18(24)26-2/h4-5,12-13,16H,6-11H2,1-3H3,(H2,21,22,25). The fourth-order valence-electron chi connectivity index (χ4n) is 3.04. The lowest BCUT2D eigenvalue weighted by Gasteiger charge is -2.32. The van der Waals surface area contributed by atoms with Gasteiger partial charge < -0.3 is 20.3 Å². The van der Waals surface area contributed by atoms with Crippen LogP contribution in [-0.4, -0.2) is 50.3 Å². The number of carbonyl (C=O) groups excluding carboxylic acids is 2. The second-order valence-corrected chi connectivity index (χ2v) is 8.18. The van der Waals surface area contributed by atoms with Crippen LogP contribution in [0.4, 0.5) is 16.2 Å². The molecule has 1 saturated heterocycles. The first kappa shape index (κ1) is 21.7. The number of nitrogens with one attached hydrogen (secondary N) is 2. The molecule has 1 atom stereocenters. The van der Waals surface area contributed by atoms with Crippen LogP contribution in [0.25, 0.3) is 0 Å². The van der Waals surface area contributed by atoms with Crippen molar-refractivity contribution < 1.29 is 14.3 Å². The van der Waals surface area contributed by atoms with Gasteiger partial charge in [0.05, 0.1) is 17.8 Å². The lowest BCUT2D eigenvalue weighted by molar-refractivity contribution is -0.142.